The zero-order chi connectivity index (χ0) is 15.4. The Morgan fingerprint density at radius 1 is 1.13 bits per heavy atom. The van der Waals surface area contributed by atoms with E-state index < -0.39 is 0 Å². The smallest absolute Gasteiger partial charge is 0.119 e. The van der Waals surface area contributed by atoms with Crippen LogP contribution in [0.2, 0.25) is 0 Å². The van der Waals surface area contributed by atoms with Gasteiger partial charge in [0.25, 0.3) is 0 Å². The Morgan fingerprint density at radius 3 is 2.52 bits per heavy atom. The summed E-state index contributed by atoms with van der Waals surface area (Å²) in [5.41, 5.74) is 1.29. The molecule has 1 fully saturated rings. The predicted molar refractivity (Wildman–Crippen MR) is 96.6 cm³/mol. The summed E-state index contributed by atoms with van der Waals surface area (Å²) in [7, 11) is 1.69. The van der Waals surface area contributed by atoms with E-state index in [1.807, 2.05) is 6.07 Å². The van der Waals surface area contributed by atoms with Gasteiger partial charge in [0.2, 0.25) is 0 Å². The van der Waals surface area contributed by atoms with Gasteiger partial charge in [0.1, 0.15) is 5.75 Å². The number of nitrogens with one attached hydrogen (secondary N) is 1. The molecule has 23 heavy (non-hydrogen) atoms. The number of rotatable bonds is 5. The summed E-state index contributed by atoms with van der Waals surface area (Å²) in [4.78, 5) is 2.47. The Balaban J connectivity index is 0.00000192. The third-order valence-corrected chi connectivity index (χ3v) is 4.45. The average molecular weight is 337 g/mol. The quantitative estimate of drug-likeness (QED) is 0.881. The normalized spacial score (nSPS) is 16.8. The molecule has 1 aliphatic rings. The van der Waals surface area contributed by atoms with Crippen molar-refractivity contribution in [1.29, 1.82) is 0 Å². The predicted octanol–water partition coefficient (Wildman–Crippen LogP) is 2.60. The first-order valence-electron chi connectivity index (χ1n) is 7.95. The SMILES string of the molecule is COc1ccc2cc([C@H](CCO)N3CCNCC3)ccc2c1.Cl. The zero-order valence-corrected chi connectivity index (χ0v) is 14.3. The maximum absolute atomic E-state index is 9.45. The van der Waals surface area contributed by atoms with Crippen LogP contribution in [0.15, 0.2) is 36.4 Å². The van der Waals surface area contributed by atoms with Crippen molar-refractivity contribution < 1.29 is 9.84 Å². The Kier molecular flexibility index (Phi) is 6.66. The Morgan fingerprint density at radius 2 is 1.83 bits per heavy atom. The number of aliphatic hydroxyl groups excluding tert-OH is 1. The first-order valence-corrected chi connectivity index (χ1v) is 7.95. The monoisotopic (exact) mass is 336 g/mol. The molecule has 0 aliphatic carbocycles. The van der Waals surface area contributed by atoms with Crippen LogP contribution in [0.25, 0.3) is 10.8 Å². The van der Waals surface area contributed by atoms with Crippen LogP contribution in [0.5, 0.6) is 5.75 Å². The van der Waals surface area contributed by atoms with Crippen LogP contribution >= 0.6 is 12.4 Å². The van der Waals surface area contributed by atoms with Crippen LogP contribution in [0.4, 0.5) is 0 Å². The number of halogens is 1. The van der Waals surface area contributed by atoms with Crippen molar-refractivity contribution in [3.05, 3.63) is 42.0 Å². The lowest BCUT2D eigenvalue weighted by Crippen LogP contribution is -2.45. The Bertz CT molecular complexity index is 629. The molecule has 1 heterocycles. The zero-order valence-electron chi connectivity index (χ0n) is 13.5. The molecule has 0 aromatic heterocycles. The van der Waals surface area contributed by atoms with Gasteiger partial charge in [-0.15, -0.1) is 12.4 Å². The van der Waals surface area contributed by atoms with E-state index in [-0.39, 0.29) is 19.0 Å². The largest absolute Gasteiger partial charge is 0.497 e. The highest BCUT2D eigenvalue weighted by Crippen LogP contribution is 2.29. The molecule has 0 saturated carbocycles. The molecule has 0 unspecified atom stereocenters. The molecular weight excluding hydrogens is 312 g/mol. The minimum absolute atomic E-state index is 0. The molecule has 2 aromatic carbocycles. The van der Waals surface area contributed by atoms with Gasteiger partial charge in [0.05, 0.1) is 7.11 Å². The minimum atomic E-state index is 0. The third-order valence-electron chi connectivity index (χ3n) is 4.45. The number of hydrogen-bond donors (Lipinski definition) is 2. The second kappa shape index (κ2) is 8.50. The fourth-order valence-electron chi connectivity index (χ4n) is 3.25. The van der Waals surface area contributed by atoms with E-state index in [1.165, 1.54) is 16.3 Å². The van der Waals surface area contributed by atoms with Crippen molar-refractivity contribution >= 4 is 23.2 Å². The van der Waals surface area contributed by atoms with Crippen molar-refractivity contribution in [2.75, 3.05) is 39.9 Å². The topological polar surface area (TPSA) is 44.7 Å². The van der Waals surface area contributed by atoms with Crippen molar-refractivity contribution in [2.24, 2.45) is 0 Å². The van der Waals surface area contributed by atoms with Crippen LogP contribution in [0, 0.1) is 0 Å². The van der Waals surface area contributed by atoms with Gasteiger partial charge >= 0.3 is 0 Å². The van der Waals surface area contributed by atoms with Crippen LogP contribution in [0.1, 0.15) is 18.0 Å². The van der Waals surface area contributed by atoms with E-state index in [9.17, 15) is 5.11 Å². The number of hydrogen-bond acceptors (Lipinski definition) is 4. The number of benzene rings is 2. The number of aliphatic hydroxyl groups is 1. The summed E-state index contributed by atoms with van der Waals surface area (Å²) in [5.74, 6) is 0.884. The molecule has 1 atom stereocenters. The van der Waals surface area contributed by atoms with E-state index in [1.54, 1.807) is 7.11 Å². The highest BCUT2D eigenvalue weighted by molar-refractivity contribution is 5.85. The van der Waals surface area contributed by atoms with Crippen molar-refractivity contribution in [3.8, 4) is 5.75 Å². The van der Waals surface area contributed by atoms with Gasteiger partial charge in [-0.25, -0.2) is 0 Å². The summed E-state index contributed by atoms with van der Waals surface area (Å²) in [6.07, 6.45) is 0.779. The van der Waals surface area contributed by atoms with Crippen molar-refractivity contribution in [2.45, 2.75) is 12.5 Å². The first-order chi connectivity index (χ1) is 10.8. The molecular formula is C18H25ClN2O2. The first kappa shape index (κ1) is 18.0. The van der Waals surface area contributed by atoms with Crippen LogP contribution in [-0.2, 0) is 0 Å². The number of fused-ring (bicyclic) bond motifs is 1. The third kappa shape index (κ3) is 4.15. The fourth-order valence-corrected chi connectivity index (χ4v) is 3.25. The van der Waals surface area contributed by atoms with Crippen molar-refractivity contribution in [1.82, 2.24) is 10.2 Å². The molecule has 0 bridgehead atoms. The lowest BCUT2D eigenvalue weighted by Gasteiger charge is -2.35. The number of ether oxygens (including phenoxy) is 1. The molecule has 1 saturated heterocycles. The highest BCUT2D eigenvalue weighted by atomic mass is 35.5. The lowest BCUT2D eigenvalue weighted by molar-refractivity contribution is 0.141. The molecule has 3 rings (SSSR count). The van der Waals surface area contributed by atoms with Gasteiger partial charge < -0.3 is 15.2 Å². The second-order valence-corrected chi connectivity index (χ2v) is 5.79. The molecule has 126 valence electrons. The van der Waals surface area contributed by atoms with E-state index in [4.69, 9.17) is 4.74 Å². The lowest BCUT2D eigenvalue weighted by atomic mass is 9.98. The molecule has 1 aliphatic heterocycles. The Hall–Kier alpha value is -1.33. The van der Waals surface area contributed by atoms with Crippen molar-refractivity contribution in [3.63, 3.8) is 0 Å². The molecule has 0 amide bonds. The van der Waals surface area contributed by atoms with E-state index in [2.05, 4.69) is 40.5 Å². The molecule has 0 spiro atoms. The van der Waals surface area contributed by atoms with Crippen LogP contribution < -0.4 is 10.1 Å². The Labute approximate surface area is 143 Å². The van der Waals surface area contributed by atoms with Gasteiger partial charge in [-0.1, -0.05) is 18.2 Å². The maximum atomic E-state index is 9.45. The van der Waals surface area contributed by atoms with E-state index in [0.29, 0.717) is 6.04 Å². The van der Waals surface area contributed by atoms with Gasteiger partial charge in [-0.3, -0.25) is 4.90 Å². The van der Waals surface area contributed by atoms with Gasteiger partial charge in [0.15, 0.2) is 0 Å². The van der Waals surface area contributed by atoms with Gasteiger partial charge in [0, 0.05) is 38.8 Å². The summed E-state index contributed by atoms with van der Waals surface area (Å²) in [5, 5.41) is 15.2. The standard InChI is InChI=1S/C18H24N2O2.ClH/c1-22-17-5-4-14-12-16(3-2-15(14)13-17)18(6-11-21)20-9-7-19-8-10-20;/h2-5,12-13,18-19,21H,6-11H2,1H3;1H/t18-;/m0./s1. The molecule has 4 nitrogen and oxygen atoms in total. The average Bonchev–Trinajstić information content (AvgIpc) is 2.59. The van der Waals surface area contributed by atoms with Crippen LogP contribution in [0.3, 0.4) is 0 Å². The highest BCUT2D eigenvalue weighted by Gasteiger charge is 2.21. The van der Waals surface area contributed by atoms with Gasteiger partial charge in [-0.2, -0.15) is 0 Å². The number of methoxy groups -OCH3 is 1. The number of piperazine rings is 1. The summed E-state index contributed by atoms with van der Waals surface area (Å²) < 4.78 is 5.29. The fraction of sp³-hybridized carbons (Fsp3) is 0.444. The van der Waals surface area contributed by atoms with Gasteiger partial charge in [-0.05, 0) is 41.0 Å². The van der Waals surface area contributed by atoms with Crippen LogP contribution in [-0.4, -0.2) is 49.9 Å². The molecule has 0 radical (unpaired) electrons. The second-order valence-electron chi connectivity index (χ2n) is 5.79. The van der Waals surface area contributed by atoms with E-state index in [0.717, 1.165) is 38.3 Å². The summed E-state index contributed by atoms with van der Waals surface area (Å²) in [6.45, 7) is 4.32. The molecule has 2 aromatic rings. The molecule has 2 N–H and O–H groups in total. The minimum Gasteiger partial charge on any atom is -0.497 e. The van der Waals surface area contributed by atoms with E-state index >= 15 is 0 Å². The number of nitrogens with zero attached hydrogens (tertiary/aromatic N) is 1. The summed E-state index contributed by atoms with van der Waals surface area (Å²) >= 11 is 0. The maximum Gasteiger partial charge on any atom is 0.119 e. The molecule has 5 heteroatoms. The summed E-state index contributed by atoms with van der Waals surface area (Å²) in [6, 6.07) is 13.0.